The van der Waals surface area contributed by atoms with Crippen LogP contribution in [0.3, 0.4) is 0 Å². The molecule has 2 amide bonds. The van der Waals surface area contributed by atoms with Crippen LogP contribution in [-0.4, -0.2) is 33.9 Å². The summed E-state index contributed by atoms with van der Waals surface area (Å²) in [5.41, 5.74) is 3.88. The molecule has 0 saturated heterocycles. The highest BCUT2D eigenvalue weighted by atomic mass is 16.2. The van der Waals surface area contributed by atoms with Crippen molar-refractivity contribution in [1.82, 2.24) is 20.6 Å². The van der Waals surface area contributed by atoms with Crippen LogP contribution in [0.1, 0.15) is 85.4 Å². The quantitative estimate of drug-likeness (QED) is 0.465. The number of aromatic amines is 1. The van der Waals surface area contributed by atoms with Gasteiger partial charge in [-0.25, -0.2) is 4.98 Å². The molecule has 0 radical (unpaired) electrons. The molecule has 0 atom stereocenters. The van der Waals surface area contributed by atoms with Gasteiger partial charge in [0, 0.05) is 28.8 Å². The number of nitrogens with zero attached hydrogens (tertiary/aromatic N) is 1. The topological polar surface area (TPSA) is 86.9 Å². The van der Waals surface area contributed by atoms with Crippen molar-refractivity contribution in [2.45, 2.75) is 76.8 Å². The summed E-state index contributed by atoms with van der Waals surface area (Å²) in [7, 11) is 0. The molecule has 3 aromatic rings. The lowest BCUT2D eigenvalue weighted by molar-refractivity contribution is 0.0916. The molecule has 0 aliphatic heterocycles. The van der Waals surface area contributed by atoms with E-state index in [0.29, 0.717) is 17.2 Å². The van der Waals surface area contributed by atoms with Crippen LogP contribution in [0, 0.1) is 5.92 Å². The van der Waals surface area contributed by atoms with Crippen molar-refractivity contribution in [2.75, 3.05) is 0 Å². The Balaban J connectivity index is 1.26. The SMILES string of the molecule is CC1CCC(NC(=O)c2ccc3nc(-c4ccc(C(=O)NC5CCCCC5)cc4)[nH]c3c2)CC1. The summed E-state index contributed by atoms with van der Waals surface area (Å²) >= 11 is 0. The molecule has 6 nitrogen and oxygen atoms in total. The first-order valence-electron chi connectivity index (χ1n) is 12.8. The molecule has 6 heteroatoms. The molecule has 2 saturated carbocycles. The van der Waals surface area contributed by atoms with E-state index < -0.39 is 0 Å². The lowest BCUT2D eigenvalue weighted by Gasteiger charge is -2.26. The van der Waals surface area contributed by atoms with E-state index >= 15 is 0 Å². The fourth-order valence-corrected chi connectivity index (χ4v) is 5.26. The van der Waals surface area contributed by atoms with Crippen LogP contribution in [0.2, 0.25) is 0 Å². The van der Waals surface area contributed by atoms with Crippen LogP contribution in [0.4, 0.5) is 0 Å². The maximum absolute atomic E-state index is 12.8. The summed E-state index contributed by atoms with van der Waals surface area (Å²) in [5.74, 6) is 1.46. The van der Waals surface area contributed by atoms with Crippen molar-refractivity contribution < 1.29 is 9.59 Å². The van der Waals surface area contributed by atoms with Gasteiger partial charge in [-0.1, -0.05) is 38.3 Å². The Morgan fingerprint density at radius 1 is 0.794 bits per heavy atom. The maximum Gasteiger partial charge on any atom is 0.251 e. The van der Waals surface area contributed by atoms with E-state index in [1.54, 1.807) is 0 Å². The second-order valence-electron chi connectivity index (χ2n) is 10.1. The number of aromatic nitrogens is 2. The van der Waals surface area contributed by atoms with Gasteiger partial charge in [-0.3, -0.25) is 9.59 Å². The highest BCUT2D eigenvalue weighted by Crippen LogP contribution is 2.25. The van der Waals surface area contributed by atoms with E-state index in [4.69, 9.17) is 0 Å². The van der Waals surface area contributed by atoms with Crippen LogP contribution in [0.15, 0.2) is 42.5 Å². The monoisotopic (exact) mass is 458 g/mol. The minimum absolute atomic E-state index is 0.00821. The standard InChI is InChI=1S/C28H34N4O2/c1-18-7-14-23(15-8-18)30-28(34)21-13-16-24-25(17-21)32-26(31-24)19-9-11-20(12-10-19)27(33)29-22-5-3-2-4-6-22/h9-13,16-18,22-23H,2-8,14-15H2,1H3,(H,29,33)(H,30,34)(H,31,32). The minimum atomic E-state index is -0.0223. The van der Waals surface area contributed by atoms with Gasteiger partial charge < -0.3 is 15.6 Å². The molecule has 2 aliphatic carbocycles. The summed E-state index contributed by atoms with van der Waals surface area (Å²) in [6.07, 6.45) is 10.3. The van der Waals surface area contributed by atoms with Crippen molar-refractivity contribution in [3.05, 3.63) is 53.6 Å². The Kier molecular flexibility index (Phi) is 6.66. The molecule has 0 unspecified atom stereocenters. The molecule has 1 aromatic heterocycles. The zero-order valence-electron chi connectivity index (χ0n) is 19.9. The van der Waals surface area contributed by atoms with Gasteiger partial charge in [0.25, 0.3) is 11.8 Å². The normalized spacial score (nSPS) is 21.3. The highest BCUT2D eigenvalue weighted by molar-refractivity contribution is 5.98. The first-order chi connectivity index (χ1) is 16.5. The number of H-pyrrole nitrogens is 1. The van der Waals surface area contributed by atoms with Crippen LogP contribution >= 0.6 is 0 Å². The number of nitrogens with one attached hydrogen (secondary N) is 3. The largest absolute Gasteiger partial charge is 0.349 e. The third-order valence-electron chi connectivity index (χ3n) is 7.46. The first kappa shape index (κ1) is 22.6. The maximum atomic E-state index is 12.8. The Morgan fingerprint density at radius 3 is 2.12 bits per heavy atom. The van der Waals surface area contributed by atoms with Gasteiger partial charge in [-0.15, -0.1) is 0 Å². The smallest absolute Gasteiger partial charge is 0.251 e. The van der Waals surface area contributed by atoms with Crippen molar-refractivity contribution in [3.63, 3.8) is 0 Å². The van der Waals surface area contributed by atoms with Crippen molar-refractivity contribution in [1.29, 1.82) is 0 Å². The molecule has 34 heavy (non-hydrogen) atoms. The van der Waals surface area contributed by atoms with Crippen molar-refractivity contribution in [3.8, 4) is 11.4 Å². The average molecular weight is 459 g/mol. The van der Waals surface area contributed by atoms with Crippen LogP contribution in [0.5, 0.6) is 0 Å². The van der Waals surface area contributed by atoms with Crippen molar-refractivity contribution >= 4 is 22.8 Å². The third kappa shape index (κ3) is 5.16. The number of fused-ring (bicyclic) bond motifs is 1. The average Bonchev–Trinajstić information content (AvgIpc) is 3.30. The molecule has 178 valence electrons. The Bertz CT molecular complexity index is 1150. The number of benzene rings is 2. The van der Waals surface area contributed by atoms with E-state index in [2.05, 4.69) is 27.5 Å². The second-order valence-corrected chi connectivity index (χ2v) is 10.1. The molecule has 0 spiro atoms. The Hall–Kier alpha value is -3.15. The number of hydrogen-bond donors (Lipinski definition) is 3. The number of amides is 2. The fraction of sp³-hybridized carbons (Fsp3) is 0.464. The van der Waals surface area contributed by atoms with E-state index in [1.165, 1.54) is 32.1 Å². The molecule has 5 rings (SSSR count). The summed E-state index contributed by atoms with van der Waals surface area (Å²) in [5, 5.41) is 6.36. The number of hydrogen-bond acceptors (Lipinski definition) is 3. The van der Waals surface area contributed by atoms with E-state index in [-0.39, 0.29) is 17.9 Å². The Morgan fingerprint density at radius 2 is 1.41 bits per heavy atom. The molecule has 0 bridgehead atoms. The predicted molar refractivity (Wildman–Crippen MR) is 135 cm³/mol. The van der Waals surface area contributed by atoms with Crippen LogP contribution < -0.4 is 10.6 Å². The fourth-order valence-electron chi connectivity index (χ4n) is 5.26. The van der Waals surface area contributed by atoms with Gasteiger partial charge in [0.15, 0.2) is 0 Å². The molecule has 3 N–H and O–H groups in total. The summed E-state index contributed by atoms with van der Waals surface area (Å²) in [4.78, 5) is 33.4. The molecule has 2 aromatic carbocycles. The van der Waals surface area contributed by atoms with Gasteiger partial charge >= 0.3 is 0 Å². The van der Waals surface area contributed by atoms with Gasteiger partial charge in [-0.2, -0.15) is 0 Å². The highest BCUT2D eigenvalue weighted by Gasteiger charge is 2.21. The first-order valence-corrected chi connectivity index (χ1v) is 12.8. The number of imidazole rings is 1. The summed E-state index contributed by atoms with van der Waals surface area (Å²) < 4.78 is 0. The van der Waals surface area contributed by atoms with E-state index in [0.717, 1.165) is 54.0 Å². The van der Waals surface area contributed by atoms with Gasteiger partial charge in [0.2, 0.25) is 0 Å². The number of carbonyl (C=O) groups is 2. The zero-order chi connectivity index (χ0) is 23.5. The minimum Gasteiger partial charge on any atom is -0.349 e. The number of carbonyl (C=O) groups excluding carboxylic acids is 2. The van der Waals surface area contributed by atoms with Gasteiger partial charge in [0.05, 0.1) is 11.0 Å². The zero-order valence-corrected chi connectivity index (χ0v) is 19.9. The van der Waals surface area contributed by atoms with Crippen molar-refractivity contribution in [2.24, 2.45) is 5.92 Å². The third-order valence-corrected chi connectivity index (χ3v) is 7.46. The predicted octanol–water partition coefficient (Wildman–Crippen LogP) is 5.60. The summed E-state index contributed by atoms with van der Waals surface area (Å²) in [6.45, 7) is 2.28. The Labute approximate surface area is 200 Å². The van der Waals surface area contributed by atoms with E-state index in [1.807, 2.05) is 42.5 Å². The van der Waals surface area contributed by atoms with Crippen LogP contribution in [0.25, 0.3) is 22.4 Å². The van der Waals surface area contributed by atoms with E-state index in [9.17, 15) is 9.59 Å². The second kappa shape index (κ2) is 10.00. The molecular formula is C28H34N4O2. The lowest BCUT2D eigenvalue weighted by atomic mass is 9.87. The van der Waals surface area contributed by atoms with Gasteiger partial charge in [-0.05, 0) is 74.8 Å². The molecular weight excluding hydrogens is 424 g/mol. The molecule has 1 heterocycles. The number of rotatable bonds is 5. The molecule has 2 aliphatic rings. The van der Waals surface area contributed by atoms with Gasteiger partial charge in [0.1, 0.15) is 5.82 Å². The summed E-state index contributed by atoms with van der Waals surface area (Å²) in [6, 6.07) is 13.7. The lowest BCUT2D eigenvalue weighted by Crippen LogP contribution is -2.37. The van der Waals surface area contributed by atoms with Crippen LogP contribution in [-0.2, 0) is 0 Å². The molecule has 2 fully saturated rings.